The Bertz CT molecular complexity index is 613. The van der Waals surface area contributed by atoms with Gasteiger partial charge in [0.05, 0.1) is 5.69 Å². The lowest BCUT2D eigenvalue weighted by molar-refractivity contribution is 0.679. The van der Waals surface area contributed by atoms with Crippen LogP contribution < -0.4 is 5.32 Å². The number of rotatable bonds is 5. The zero-order chi connectivity index (χ0) is 14.1. The summed E-state index contributed by atoms with van der Waals surface area (Å²) in [5.74, 6) is 0.847. The van der Waals surface area contributed by atoms with Crippen molar-refractivity contribution in [2.45, 2.75) is 46.1 Å². The van der Waals surface area contributed by atoms with Crippen molar-refractivity contribution in [3.63, 3.8) is 0 Å². The van der Waals surface area contributed by atoms with Crippen LogP contribution in [0.3, 0.4) is 0 Å². The van der Waals surface area contributed by atoms with Crippen molar-refractivity contribution < 1.29 is 0 Å². The first-order valence-electron chi connectivity index (χ1n) is 7.22. The van der Waals surface area contributed by atoms with Crippen molar-refractivity contribution in [2.24, 2.45) is 0 Å². The van der Waals surface area contributed by atoms with Crippen LogP contribution in [0.5, 0.6) is 0 Å². The summed E-state index contributed by atoms with van der Waals surface area (Å²) < 4.78 is 1.93. The Morgan fingerprint density at radius 3 is 2.75 bits per heavy atom. The summed E-state index contributed by atoms with van der Waals surface area (Å²) in [7, 11) is 0. The van der Waals surface area contributed by atoms with Gasteiger partial charge in [-0.15, -0.1) is 0 Å². The van der Waals surface area contributed by atoms with Crippen LogP contribution in [0.25, 0.3) is 5.82 Å². The fourth-order valence-electron chi connectivity index (χ4n) is 2.50. The third kappa shape index (κ3) is 2.72. The number of hydrogen-bond acceptors (Lipinski definition) is 4. The molecule has 0 saturated heterocycles. The maximum Gasteiger partial charge on any atom is 0.157 e. The van der Waals surface area contributed by atoms with Gasteiger partial charge in [-0.3, -0.25) is 0 Å². The molecule has 2 aromatic heterocycles. The molecule has 20 heavy (non-hydrogen) atoms. The molecule has 1 saturated carbocycles. The highest BCUT2D eigenvalue weighted by atomic mass is 15.3. The van der Waals surface area contributed by atoms with Gasteiger partial charge in [0.25, 0.3) is 0 Å². The first-order valence-corrected chi connectivity index (χ1v) is 7.22. The summed E-state index contributed by atoms with van der Waals surface area (Å²) in [5.41, 5.74) is 4.56. The molecule has 1 fully saturated rings. The molecular weight excluding hydrogens is 250 g/mol. The summed E-state index contributed by atoms with van der Waals surface area (Å²) >= 11 is 0. The molecule has 0 bridgehead atoms. The van der Waals surface area contributed by atoms with E-state index in [2.05, 4.69) is 34.2 Å². The molecule has 0 radical (unpaired) electrons. The van der Waals surface area contributed by atoms with Gasteiger partial charge in [-0.25, -0.2) is 14.6 Å². The zero-order valence-corrected chi connectivity index (χ0v) is 12.3. The molecule has 3 rings (SSSR count). The molecular formula is C15H21N5. The van der Waals surface area contributed by atoms with E-state index in [1.165, 1.54) is 24.1 Å². The predicted octanol–water partition coefficient (Wildman–Crippen LogP) is 1.88. The molecule has 0 aromatic carbocycles. The smallest absolute Gasteiger partial charge is 0.157 e. The maximum atomic E-state index is 4.63. The Labute approximate surface area is 119 Å². The summed E-state index contributed by atoms with van der Waals surface area (Å²) in [5, 5.41) is 8.19. The normalized spacial score (nSPS) is 14.8. The van der Waals surface area contributed by atoms with Gasteiger partial charge in [-0.05, 0) is 52.1 Å². The quantitative estimate of drug-likeness (QED) is 0.902. The fraction of sp³-hybridized carbons (Fsp3) is 0.533. The van der Waals surface area contributed by atoms with E-state index >= 15 is 0 Å². The highest BCUT2D eigenvalue weighted by molar-refractivity contribution is 5.33. The predicted molar refractivity (Wildman–Crippen MR) is 78.1 cm³/mol. The first-order chi connectivity index (χ1) is 9.65. The Balaban J connectivity index is 1.81. The van der Waals surface area contributed by atoms with E-state index in [-0.39, 0.29) is 0 Å². The highest BCUT2D eigenvalue weighted by Crippen LogP contribution is 2.20. The minimum absolute atomic E-state index is 0.759. The molecule has 106 valence electrons. The summed E-state index contributed by atoms with van der Waals surface area (Å²) in [4.78, 5) is 8.46. The van der Waals surface area contributed by atoms with Crippen molar-refractivity contribution in [1.82, 2.24) is 25.1 Å². The summed E-state index contributed by atoms with van der Waals surface area (Å²) in [6.45, 7) is 7.19. The zero-order valence-electron chi connectivity index (χ0n) is 12.3. The van der Waals surface area contributed by atoms with Crippen molar-refractivity contribution in [2.75, 3.05) is 6.54 Å². The Morgan fingerprint density at radius 2 is 2.05 bits per heavy atom. The van der Waals surface area contributed by atoms with Gasteiger partial charge in [0, 0.05) is 23.5 Å². The van der Waals surface area contributed by atoms with Crippen molar-refractivity contribution >= 4 is 0 Å². The molecule has 5 nitrogen and oxygen atoms in total. The second-order valence-electron chi connectivity index (χ2n) is 5.56. The van der Waals surface area contributed by atoms with E-state index in [0.29, 0.717) is 0 Å². The van der Waals surface area contributed by atoms with Crippen LogP contribution in [0, 0.1) is 20.8 Å². The monoisotopic (exact) mass is 271 g/mol. The van der Waals surface area contributed by atoms with Gasteiger partial charge in [-0.2, -0.15) is 5.10 Å². The largest absolute Gasteiger partial charge is 0.314 e. The standard InChI is InChI=1S/C15H21N5/c1-10-8-15(18-9-17-10)20-12(3)14(11(2)19-20)6-7-16-13-4-5-13/h8-9,13,16H,4-7H2,1-3H3. The number of nitrogens with one attached hydrogen (secondary N) is 1. The minimum Gasteiger partial charge on any atom is -0.314 e. The molecule has 2 heterocycles. The van der Waals surface area contributed by atoms with Crippen LogP contribution in [0.15, 0.2) is 12.4 Å². The minimum atomic E-state index is 0.759. The SMILES string of the molecule is Cc1cc(-n2nc(C)c(CCNC3CC3)c2C)ncn1. The van der Waals surface area contributed by atoms with Gasteiger partial charge in [0.15, 0.2) is 5.82 Å². The van der Waals surface area contributed by atoms with E-state index in [0.717, 1.165) is 36.2 Å². The maximum absolute atomic E-state index is 4.63. The van der Waals surface area contributed by atoms with E-state index in [1.54, 1.807) is 6.33 Å². The average molecular weight is 271 g/mol. The molecule has 1 aliphatic rings. The molecule has 1 N–H and O–H groups in total. The Kier molecular flexibility index (Phi) is 3.53. The number of aromatic nitrogens is 4. The molecule has 0 atom stereocenters. The van der Waals surface area contributed by atoms with Gasteiger partial charge < -0.3 is 5.32 Å². The van der Waals surface area contributed by atoms with Crippen LogP contribution in [-0.2, 0) is 6.42 Å². The lowest BCUT2D eigenvalue weighted by Crippen LogP contribution is -2.19. The van der Waals surface area contributed by atoms with Crippen LogP contribution in [0.1, 0.15) is 35.5 Å². The molecule has 0 spiro atoms. The molecule has 0 amide bonds. The first kappa shape index (κ1) is 13.2. The molecule has 0 aliphatic heterocycles. The number of aryl methyl sites for hydroxylation is 2. The van der Waals surface area contributed by atoms with Crippen LogP contribution in [-0.4, -0.2) is 32.3 Å². The van der Waals surface area contributed by atoms with Crippen LogP contribution in [0.2, 0.25) is 0 Å². The van der Waals surface area contributed by atoms with Crippen molar-refractivity contribution in [3.05, 3.63) is 35.0 Å². The summed E-state index contributed by atoms with van der Waals surface area (Å²) in [6, 6.07) is 2.72. The Morgan fingerprint density at radius 1 is 1.25 bits per heavy atom. The molecule has 1 aliphatic carbocycles. The Hall–Kier alpha value is -1.75. The third-order valence-corrected chi connectivity index (χ3v) is 3.83. The van der Waals surface area contributed by atoms with Gasteiger partial charge in [-0.1, -0.05) is 0 Å². The lowest BCUT2D eigenvalue weighted by atomic mass is 10.1. The van der Waals surface area contributed by atoms with Crippen molar-refractivity contribution in [1.29, 1.82) is 0 Å². The van der Waals surface area contributed by atoms with Crippen LogP contribution >= 0.6 is 0 Å². The van der Waals surface area contributed by atoms with E-state index in [4.69, 9.17) is 0 Å². The molecule has 2 aromatic rings. The van der Waals surface area contributed by atoms with E-state index in [9.17, 15) is 0 Å². The fourth-order valence-corrected chi connectivity index (χ4v) is 2.50. The lowest BCUT2D eigenvalue weighted by Gasteiger charge is -2.05. The molecule has 5 heteroatoms. The van der Waals surface area contributed by atoms with Crippen molar-refractivity contribution in [3.8, 4) is 5.82 Å². The number of hydrogen-bond donors (Lipinski definition) is 1. The second-order valence-corrected chi connectivity index (χ2v) is 5.56. The summed E-state index contributed by atoms with van der Waals surface area (Å²) in [6.07, 6.45) is 5.28. The third-order valence-electron chi connectivity index (χ3n) is 3.83. The molecule has 0 unspecified atom stereocenters. The number of nitrogens with zero attached hydrogens (tertiary/aromatic N) is 4. The topological polar surface area (TPSA) is 55.6 Å². The highest BCUT2D eigenvalue weighted by Gasteiger charge is 2.20. The van der Waals surface area contributed by atoms with E-state index < -0.39 is 0 Å². The van der Waals surface area contributed by atoms with Gasteiger partial charge in [0.2, 0.25) is 0 Å². The van der Waals surface area contributed by atoms with Gasteiger partial charge >= 0.3 is 0 Å². The van der Waals surface area contributed by atoms with Crippen LogP contribution in [0.4, 0.5) is 0 Å². The van der Waals surface area contributed by atoms with Gasteiger partial charge in [0.1, 0.15) is 6.33 Å². The second kappa shape index (κ2) is 5.32. The average Bonchev–Trinajstić information content (AvgIpc) is 3.19. The van der Waals surface area contributed by atoms with E-state index in [1.807, 2.05) is 17.7 Å².